The molecule has 2 rings (SSSR count). The summed E-state index contributed by atoms with van der Waals surface area (Å²) in [5.74, 6) is -0.318. The van der Waals surface area contributed by atoms with Gasteiger partial charge < -0.3 is 5.32 Å². The average molecular weight is 338 g/mol. The molecule has 0 bridgehead atoms. The number of hydrogen-bond acceptors (Lipinski definition) is 4. The topological polar surface area (TPSA) is 89.3 Å². The van der Waals surface area contributed by atoms with Crippen molar-refractivity contribution in [3.63, 3.8) is 0 Å². The van der Waals surface area contributed by atoms with E-state index in [9.17, 15) is 19.1 Å². The lowest BCUT2D eigenvalue weighted by atomic mass is 9.97. The molecule has 1 fully saturated rings. The molecule has 1 N–H and O–H groups in total. The van der Waals surface area contributed by atoms with Gasteiger partial charge in [-0.2, -0.15) is 0 Å². The number of non-ortho nitro benzene ring substituents is 1. The van der Waals surface area contributed by atoms with Gasteiger partial charge in [-0.15, -0.1) is 0 Å². The summed E-state index contributed by atoms with van der Waals surface area (Å²) in [6, 6.07) is 5.67. The Morgan fingerprint density at radius 1 is 1.13 bits per heavy atom. The molecule has 7 heteroatoms. The van der Waals surface area contributed by atoms with Gasteiger partial charge in [-0.1, -0.05) is 32.1 Å². The Morgan fingerprint density at radius 3 is 2.26 bits per heavy atom. The van der Waals surface area contributed by atoms with Crippen LogP contribution in [0, 0.1) is 10.1 Å². The van der Waals surface area contributed by atoms with E-state index in [2.05, 4.69) is 5.32 Å². The first kappa shape index (κ1) is 17.6. The van der Waals surface area contributed by atoms with Gasteiger partial charge >= 0.3 is 0 Å². The van der Waals surface area contributed by atoms with Crippen molar-refractivity contribution in [2.24, 2.45) is 0 Å². The molecule has 1 aliphatic rings. The Balaban J connectivity index is 1.86. The molecule has 1 aromatic carbocycles. The zero-order chi connectivity index (χ0) is 16.7. The maximum Gasteiger partial charge on any atom is 0.269 e. The Kier molecular flexibility index (Phi) is 6.70. The molecule has 1 amide bonds. The van der Waals surface area contributed by atoms with Crippen LogP contribution in [-0.2, 0) is 15.6 Å². The van der Waals surface area contributed by atoms with Crippen LogP contribution in [0.1, 0.15) is 44.9 Å². The van der Waals surface area contributed by atoms with Gasteiger partial charge in [-0.3, -0.25) is 19.1 Å². The van der Waals surface area contributed by atoms with Crippen LogP contribution in [-0.4, -0.2) is 26.8 Å². The molecule has 1 saturated carbocycles. The van der Waals surface area contributed by atoms with Crippen LogP contribution in [0.2, 0.25) is 0 Å². The van der Waals surface area contributed by atoms with Crippen LogP contribution in [0.5, 0.6) is 0 Å². The standard InChI is InChI=1S/C16H22N2O4S/c19-16(17-13-6-4-2-1-3-5-7-13)12-23(22)15-10-8-14(9-11-15)18(20)21/h8-11,13H,1-7,12H2,(H,17,19)/t23-/m1/s1. The number of nitro benzene ring substituents is 1. The van der Waals surface area contributed by atoms with E-state index in [0.717, 1.165) is 25.7 Å². The first-order valence-electron chi connectivity index (χ1n) is 7.98. The number of amides is 1. The first-order chi connectivity index (χ1) is 11.1. The van der Waals surface area contributed by atoms with E-state index in [0.29, 0.717) is 4.90 Å². The van der Waals surface area contributed by atoms with Crippen molar-refractivity contribution >= 4 is 22.4 Å². The minimum absolute atomic E-state index is 0.0512. The fourth-order valence-electron chi connectivity index (χ4n) is 2.79. The molecular formula is C16H22N2O4S. The largest absolute Gasteiger partial charge is 0.353 e. The highest BCUT2D eigenvalue weighted by Gasteiger charge is 2.17. The normalized spacial score (nSPS) is 17.7. The van der Waals surface area contributed by atoms with Crippen molar-refractivity contribution in [2.75, 3.05) is 5.75 Å². The van der Waals surface area contributed by atoms with Crippen molar-refractivity contribution in [3.8, 4) is 0 Å². The van der Waals surface area contributed by atoms with Gasteiger partial charge in [0.05, 0.1) is 15.7 Å². The molecule has 0 aliphatic heterocycles. The minimum Gasteiger partial charge on any atom is -0.353 e. The summed E-state index contributed by atoms with van der Waals surface area (Å²) in [6.07, 6.45) is 7.89. The van der Waals surface area contributed by atoms with Gasteiger partial charge in [0.2, 0.25) is 5.91 Å². The number of hydrogen-bond donors (Lipinski definition) is 1. The van der Waals surface area contributed by atoms with E-state index < -0.39 is 15.7 Å². The second-order valence-corrected chi connectivity index (χ2v) is 7.30. The summed E-state index contributed by atoms with van der Waals surface area (Å²) in [7, 11) is -1.48. The van der Waals surface area contributed by atoms with Crippen LogP contribution in [0.25, 0.3) is 0 Å². The van der Waals surface area contributed by atoms with E-state index in [1.54, 1.807) is 0 Å². The zero-order valence-electron chi connectivity index (χ0n) is 13.0. The van der Waals surface area contributed by atoms with Crippen LogP contribution < -0.4 is 5.32 Å². The second kappa shape index (κ2) is 8.76. The third-order valence-electron chi connectivity index (χ3n) is 4.04. The van der Waals surface area contributed by atoms with Crippen molar-refractivity contribution < 1.29 is 13.9 Å². The Morgan fingerprint density at radius 2 is 1.70 bits per heavy atom. The lowest BCUT2D eigenvalue weighted by Gasteiger charge is -2.20. The number of carbonyl (C=O) groups excluding carboxylic acids is 1. The molecule has 0 spiro atoms. The summed E-state index contributed by atoms with van der Waals surface area (Å²) in [5, 5.41) is 13.6. The third-order valence-corrected chi connectivity index (χ3v) is 5.37. The molecule has 0 radical (unpaired) electrons. The summed E-state index contributed by atoms with van der Waals surface area (Å²) >= 11 is 0. The monoisotopic (exact) mass is 338 g/mol. The lowest BCUT2D eigenvalue weighted by molar-refractivity contribution is -0.384. The molecular weight excluding hydrogens is 316 g/mol. The fraction of sp³-hybridized carbons (Fsp3) is 0.562. The van der Waals surface area contributed by atoms with E-state index in [4.69, 9.17) is 0 Å². The maximum absolute atomic E-state index is 12.2. The van der Waals surface area contributed by atoms with Crippen molar-refractivity contribution in [1.82, 2.24) is 5.32 Å². The lowest BCUT2D eigenvalue weighted by Crippen LogP contribution is -2.37. The van der Waals surface area contributed by atoms with Crippen LogP contribution in [0.3, 0.4) is 0 Å². The van der Waals surface area contributed by atoms with Gasteiger partial charge in [-0.05, 0) is 25.0 Å². The maximum atomic E-state index is 12.2. The van der Waals surface area contributed by atoms with Crippen LogP contribution >= 0.6 is 0 Å². The van der Waals surface area contributed by atoms with Crippen molar-refractivity contribution in [1.29, 1.82) is 0 Å². The Labute approximate surface area is 138 Å². The van der Waals surface area contributed by atoms with Gasteiger partial charge in [-0.25, -0.2) is 0 Å². The van der Waals surface area contributed by atoms with E-state index in [1.807, 2.05) is 0 Å². The number of rotatable bonds is 5. The molecule has 0 aromatic heterocycles. The Bertz CT molecular complexity index is 566. The molecule has 1 aliphatic carbocycles. The molecule has 6 nitrogen and oxygen atoms in total. The highest BCUT2D eigenvalue weighted by molar-refractivity contribution is 7.85. The Hall–Kier alpha value is -1.76. The van der Waals surface area contributed by atoms with Gasteiger partial charge in [0.1, 0.15) is 5.75 Å². The molecule has 126 valence electrons. The molecule has 0 saturated heterocycles. The fourth-order valence-corrected chi connectivity index (χ4v) is 3.72. The number of carbonyl (C=O) groups is 1. The quantitative estimate of drug-likeness (QED) is 0.660. The van der Waals surface area contributed by atoms with Crippen molar-refractivity contribution in [3.05, 3.63) is 34.4 Å². The number of benzene rings is 1. The van der Waals surface area contributed by atoms with Crippen molar-refractivity contribution in [2.45, 2.75) is 55.9 Å². The van der Waals surface area contributed by atoms with E-state index >= 15 is 0 Å². The summed E-state index contributed by atoms with van der Waals surface area (Å²) in [5.41, 5.74) is -0.0512. The van der Waals surface area contributed by atoms with Crippen LogP contribution in [0.4, 0.5) is 5.69 Å². The predicted molar refractivity (Wildman–Crippen MR) is 88.6 cm³/mol. The first-order valence-corrected chi connectivity index (χ1v) is 9.30. The number of nitrogens with zero attached hydrogens (tertiary/aromatic N) is 1. The zero-order valence-corrected chi connectivity index (χ0v) is 13.8. The van der Waals surface area contributed by atoms with Gasteiger partial charge in [0.15, 0.2) is 0 Å². The minimum atomic E-state index is -1.48. The molecule has 1 aromatic rings. The van der Waals surface area contributed by atoms with E-state index in [-0.39, 0.29) is 23.4 Å². The number of nitrogens with one attached hydrogen (secondary N) is 1. The predicted octanol–water partition coefficient (Wildman–Crippen LogP) is 2.93. The summed E-state index contributed by atoms with van der Waals surface area (Å²) in [6.45, 7) is 0. The van der Waals surface area contributed by atoms with Gasteiger partial charge in [0, 0.05) is 23.1 Å². The summed E-state index contributed by atoms with van der Waals surface area (Å²) in [4.78, 5) is 22.6. The summed E-state index contributed by atoms with van der Waals surface area (Å²) < 4.78 is 12.2. The molecule has 1 atom stereocenters. The van der Waals surface area contributed by atoms with Crippen LogP contribution in [0.15, 0.2) is 29.2 Å². The highest BCUT2D eigenvalue weighted by Crippen LogP contribution is 2.18. The smallest absolute Gasteiger partial charge is 0.269 e. The average Bonchev–Trinajstić information content (AvgIpc) is 2.50. The molecule has 0 unspecified atom stereocenters. The SMILES string of the molecule is O=C(C[S@@](=O)c1ccc([N+](=O)[O-])cc1)NC1CCCCCCC1. The molecule has 23 heavy (non-hydrogen) atoms. The third kappa shape index (κ3) is 5.74. The van der Waals surface area contributed by atoms with E-state index in [1.165, 1.54) is 43.5 Å². The molecule has 0 heterocycles. The highest BCUT2D eigenvalue weighted by atomic mass is 32.2. The number of nitro groups is 1. The second-order valence-electron chi connectivity index (χ2n) is 5.85. The van der Waals surface area contributed by atoms with Gasteiger partial charge in [0.25, 0.3) is 5.69 Å².